The largest absolute Gasteiger partial charge is 0.368 e. The van der Waals surface area contributed by atoms with E-state index in [0.29, 0.717) is 10.7 Å². The number of carbonyl (C=O) groups is 3. The third kappa shape index (κ3) is 2.18. The summed E-state index contributed by atoms with van der Waals surface area (Å²) in [6.07, 6.45) is 3.82. The fourth-order valence-corrected chi connectivity index (χ4v) is 4.81. The Morgan fingerprint density at radius 3 is 2.36 bits per heavy atom. The van der Waals surface area contributed by atoms with Crippen molar-refractivity contribution in [1.82, 2.24) is 0 Å². The van der Waals surface area contributed by atoms with Crippen molar-refractivity contribution in [1.29, 1.82) is 0 Å². The lowest BCUT2D eigenvalue weighted by atomic mass is 9.88. The second kappa shape index (κ2) is 5.94. The van der Waals surface area contributed by atoms with E-state index in [1.54, 1.807) is 24.3 Å². The summed E-state index contributed by atoms with van der Waals surface area (Å²) < 4.78 is 0. The van der Waals surface area contributed by atoms with E-state index in [1.165, 1.54) is 0 Å². The highest BCUT2D eigenvalue weighted by Gasteiger charge is 2.64. The minimum absolute atomic E-state index is 0.319. The number of para-hydroxylation sites is 1. The smallest absolute Gasteiger partial charge is 0.241 e. The maximum Gasteiger partial charge on any atom is 0.241 e. The van der Waals surface area contributed by atoms with Gasteiger partial charge in [-0.25, -0.2) is 4.90 Å². The lowest BCUT2D eigenvalue weighted by molar-refractivity contribution is -0.127. The number of nitrogens with zero attached hydrogens (tertiary/aromatic N) is 2. The fraction of sp³-hybridized carbons (Fsp3) is 0.190. The number of hydrogen-bond acceptors (Lipinski definition) is 4. The van der Waals surface area contributed by atoms with Crippen LogP contribution in [-0.2, 0) is 14.4 Å². The quantitative estimate of drug-likeness (QED) is 0.793. The highest BCUT2D eigenvalue weighted by molar-refractivity contribution is 6.31. The number of anilines is 2. The summed E-state index contributed by atoms with van der Waals surface area (Å²) >= 11 is 5.93. The zero-order valence-corrected chi connectivity index (χ0v) is 15.4. The Balaban J connectivity index is 1.62. The summed E-state index contributed by atoms with van der Waals surface area (Å²) in [5, 5.41) is 0.510. The van der Waals surface area contributed by atoms with Crippen LogP contribution < -0.4 is 15.5 Å². The molecule has 4 atom stereocenters. The molecule has 3 heterocycles. The zero-order valence-electron chi connectivity index (χ0n) is 14.7. The predicted octanol–water partition coefficient (Wildman–Crippen LogP) is 2.22. The number of benzene rings is 2. The third-order valence-corrected chi connectivity index (χ3v) is 6.04. The fourth-order valence-electron chi connectivity index (χ4n) is 4.68. The molecule has 0 saturated carbocycles. The first-order chi connectivity index (χ1) is 13.5. The standard InChI is InChI=1S/C21H16ClN3O3/c22-12-6-8-13(9-7-12)24-20(27)16-15-10-5-11-3-1-2-4-14(11)25(15)18(19(23)26)17(16)21(24)28/h1-10,15-18H,(H2,23,26)/t15-,16-,17+,18+/m1/s1. The van der Waals surface area contributed by atoms with Crippen LogP contribution in [0.25, 0.3) is 6.08 Å². The van der Waals surface area contributed by atoms with Gasteiger partial charge in [0.05, 0.1) is 23.6 Å². The van der Waals surface area contributed by atoms with E-state index in [4.69, 9.17) is 17.3 Å². The van der Waals surface area contributed by atoms with Gasteiger partial charge >= 0.3 is 0 Å². The van der Waals surface area contributed by atoms with E-state index in [-0.39, 0.29) is 5.91 Å². The molecule has 2 aromatic carbocycles. The Kier molecular flexibility index (Phi) is 3.61. The van der Waals surface area contributed by atoms with Gasteiger partial charge in [0.15, 0.2) is 0 Å². The molecule has 2 fully saturated rings. The van der Waals surface area contributed by atoms with Crippen molar-refractivity contribution in [2.45, 2.75) is 12.1 Å². The van der Waals surface area contributed by atoms with Crippen LogP contribution in [0, 0.1) is 11.8 Å². The van der Waals surface area contributed by atoms with Crippen molar-refractivity contribution >= 4 is 46.8 Å². The molecular formula is C21H16ClN3O3. The number of halogens is 1. The van der Waals surface area contributed by atoms with Crippen LogP contribution in [0.1, 0.15) is 5.56 Å². The molecule has 6 nitrogen and oxygen atoms in total. The number of imide groups is 1. The Morgan fingerprint density at radius 2 is 1.64 bits per heavy atom. The van der Waals surface area contributed by atoms with Gasteiger partial charge in [-0.2, -0.15) is 0 Å². The molecule has 0 aromatic heterocycles. The van der Waals surface area contributed by atoms with Gasteiger partial charge in [0, 0.05) is 10.7 Å². The van der Waals surface area contributed by atoms with Gasteiger partial charge in [-0.3, -0.25) is 14.4 Å². The number of fused-ring (bicyclic) bond motifs is 5. The minimum Gasteiger partial charge on any atom is -0.368 e. The number of carbonyl (C=O) groups excluding carboxylic acids is 3. The third-order valence-electron chi connectivity index (χ3n) is 5.79. The average Bonchev–Trinajstić information content (AvgIpc) is 3.16. The Bertz CT molecular complexity index is 1050. The zero-order chi connectivity index (χ0) is 19.6. The van der Waals surface area contributed by atoms with Gasteiger partial charge in [-0.05, 0) is 35.9 Å². The Hall–Kier alpha value is -3.12. The summed E-state index contributed by atoms with van der Waals surface area (Å²) in [7, 11) is 0. The molecule has 28 heavy (non-hydrogen) atoms. The second-order valence-electron chi connectivity index (χ2n) is 7.20. The van der Waals surface area contributed by atoms with Gasteiger partial charge in [-0.1, -0.05) is 42.0 Å². The molecule has 140 valence electrons. The first-order valence-corrected chi connectivity index (χ1v) is 9.35. The van der Waals surface area contributed by atoms with Crippen LogP contribution in [0.2, 0.25) is 5.02 Å². The molecule has 2 N–H and O–H groups in total. The SMILES string of the molecule is NC(=O)[C@@H]1[C@H]2C(=O)N(c3ccc(Cl)cc3)C(=O)[C@@H]2[C@H]2C=Cc3ccccc3N21. The normalized spacial score (nSPS) is 27.6. The van der Waals surface area contributed by atoms with Gasteiger partial charge in [-0.15, -0.1) is 0 Å². The van der Waals surface area contributed by atoms with Gasteiger partial charge in [0.1, 0.15) is 6.04 Å². The van der Waals surface area contributed by atoms with E-state index in [9.17, 15) is 14.4 Å². The van der Waals surface area contributed by atoms with Crippen molar-refractivity contribution in [2.24, 2.45) is 17.6 Å². The Morgan fingerprint density at radius 1 is 0.964 bits per heavy atom. The van der Waals surface area contributed by atoms with E-state index in [0.717, 1.165) is 16.2 Å². The molecule has 2 saturated heterocycles. The second-order valence-corrected chi connectivity index (χ2v) is 7.64. The van der Waals surface area contributed by atoms with E-state index in [2.05, 4.69) is 0 Å². The van der Waals surface area contributed by atoms with Crippen LogP contribution in [0.4, 0.5) is 11.4 Å². The number of amides is 3. The molecule has 3 aliphatic heterocycles. The summed E-state index contributed by atoms with van der Waals surface area (Å²) in [6.45, 7) is 0. The lowest BCUT2D eigenvalue weighted by Crippen LogP contribution is -2.50. The molecule has 0 aliphatic carbocycles. The minimum atomic E-state index is -0.880. The molecule has 0 radical (unpaired) electrons. The average molecular weight is 394 g/mol. The van der Waals surface area contributed by atoms with Crippen LogP contribution in [0.15, 0.2) is 54.6 Å². The Labute approximate surface area is 166 Å². The van der Waals surface area contributed by atoms with Crippen LogP contribution in [-0.4, -0.2) is 29.8 Å². The first kappa shape index (κ1) is 17.0. The maximum atomic E-state index is 13.3. The highest BCUT2D eigenvalue weighted by atomic mass is 35.5. The van der Waals surface area contributed by atoms with E-state index < -0.39 is 35.7 Å². The van der Waals surface area contributed by atoms with Crippen LogP contribution >= 0.6 is 11.6 Å². The highest BCUT2D eigenvalue weighted by Crippen LogP contribution is 2.48. The summed E-state index contributed by atoms with van der Waals surface area (Å²) in [4.78, 5) is 41.9. The number of primary amides is 1. The van der Waals surface area contributed by atoms with Crippen molar-refractivity contribution in [3.05, 3.63) is 65.2 Å². The molecule has 2 aromatic rings. The molecule has 0 unspecified atom stereocenters. The van der Waals surface area contributed by atoms with Crippen LogP contribution in [0.5, 0.6) is 0 Å². The van der Waals surface area contributed by atoms with E-state index in [1.807, 2.05) is 41.3 Å². The summed E-state index contributed by atoms with van der Waals surface area (Å²) in [6, 6.07) is 12.8. The molecule has 5 rings (SSSR count). The van der Waals surface area contributed by atoms with Crippen molar-refractivity contribution in [3.8, 4) is 0 Å². The molecule has 3 aliphatic rings. The van der Waals surface area contributed by atoms with Crippen molar-refractivity contribution in [2.75, 3.05) is 9.80 Å². The van der Waals surface area contributed by atoms with Crippen LogP contribution in [0.3, 0.4) is 0 Å². The number of hydrogen-bond donors (Lipinski definition) is 1. The van der Waals surface area contributed by atoms with Gasteiger partial charge < -0.3 is 10.6 Å². The molecule has 0 bridgehead atoms. The van der Waals surface area contributed by atoms with Gasteiger partial charge in [0.25, 0.3) is 0 Å². The number of rotatable bonds is 2. The number of nitrogens with two attached hydrogens (primary N) is 1. The molecular weight excluding hydrogens is 378 g/mol. The molecule has 7 heteroatoms. The van der Waals surface area contributed by atoms with E-state index >= 15 is 0 Å². The first-order valence-electron chi connectivity index (χ1n) is 8.97. The lowest BCUT2D eigenvalue weighted by Gasteiger charge is -2.35. The molecule has 3 amide bonds. The summed E-state index contributed by atoms with van der Waals surface area (Å²) in [5.41, 5.74) is 7.92. The maximum absolute atomic E-state index is 13.3. The predicted molar refractivity (Wildman–Crippen MR) is 106 cm³/mol. The van der Waals surface area contributed by atoms with Gasteiger partial charge in [0.2, 0.25) is 17.7 Å². The summed E-state index contributed by atoms with van der Waals surface area (Å²) in [5.74, 6) is -2.81. The van der Waals surface area contributed by atoms with Crippen molar-refractivity contribution < 1.29 is 14.4 Å². The topological polar surface area (TPSA) is 83.7 Å². The van der Waals surface area contributed by atoms with Crippen molar-refractivity contribution in [3.63, 3.8) is 0 Å². The monoisotopic (exact) mass is 393 g/mol. The molecule has 0 spiro atoms.